The standard InChI is InChI=1S/C16H21N5O2/c1-10(2)7-8-18-14-13(17)15(20-9-19-14)21-12-5-3-11(4-6-12)16(22)23/h3-6,9-10H,7-8,17H2,1-2H3,(H,22,23)(H2,18,19,20,21). The van der Waals surface area contributed by atoms with E-state index in [2.05, 4.69) is 34.4 Å². The van der Waals surface area contributed by atoms with Crippen LogP contribution in [0.1, 0.15) is 30.6 Å². The molecule has 0 spiro atoms. The smallest absolute Gasteiger partial charge is 0.335 e. The third kappa shape index (κ3) is 4.57. The van der Waals surface area contributed by atoms with Crippen LogP contribution in [0.2, 0.25) is 0 Å². The first-order valence-corrected chi connectivity index (χ1v) is 7.42. The summed E-state index contributed by atoms with van der Waals surface area (Å²) in [6.07, 6.45) is 2.45. The van der Waals surface area contributed by atoms with Gasteiger partial charge in [-0.1, -0.05) is 13.8 Å². The molecule has 0 fully saturated rings. The highest BCUT2D eigenvalue weighted by atomic mass is 16.4. The molecule has 5 N–H and O–H groups in total. The second kappa shape index (κ2) is 7.44. The Morgan fingerprint density at radius 2 is 1.87 bits per heavy atom. The van der Waals surface area contributed by atoms with E-state index in [9.17, 15) is 4.79 Å². The Hall–Kier alpha value is -2.83. The number of nitrogens with one attached hydrogen (secondary N) is 2. The van der Waals surface area contributed by atoms with Crippen molar-refractivity contribution in [3.05, 3.63) is 36.2 Å². The van der Waals surface area contributed by atoms with Crippen molar-refractivity contribution < 1.29 is 9.90 Å². The monoisotopic (exact) mass is 315 g/mol. The third-order valence-corrected chi connectivity index (χ3v) is 3.29. The number of nitrogen functional groups attached to an aromatic ring is 1. The molecule has 0 saturated carbocycles. The molecule has 1 aromatic carbocycles. The van der Waals surface area contributed by atoms with Gasteiger partial charge < -0.3 is 21.5 Å². The normalized spacial score (nSPS) is 10.6. The molecule has 2 rings (SSSR count). The summed E-state index contributed by atoms with van der Waals surface area (Å²) in [6.45, 7) is 5.09. The molecule has 122 valence electrons. The lowest BCUT2D eigenvalue weighted by Gasteiger charge is -2.13. The van der Waals surface area contributed by atoms with Crippen LogP contribution in [0.4, 0.5) is 23.0 Å². The highest BCUT2D eigenvalue weighted by molar-refractivity contribution is 5.88. The predicted molar refractivity (Wildman–Crippen MR) is 91.1 cm³/mol. The molecule has 7 nitrogen and oxygen atoms in total. The minimum Gasteiger partial charge on any atom is -0.478 e. The van der Waals surface area contributed by atoms with Crippen LogP contribution in [0, 0.1) is 5.92 Å². The number of aromatic nitrogens is 2. The molecule has 2 aromatic rings. The largest absolute Gasteiger partial charge is 0.478 e. The molecular formula is C16H21N5O2. The molecular weight excluding hydrogens is 294 g/mol. The fraction of sp³-hybridized carbons (Fsp3) is 0.312. The number of nitrogens with zero attached hydrogens (tertiary/aromatic N) is 2. The van der Waals surface area contributed by atoms with Gasteiger partial charge in [-0.05, 0) is 36.6 Å². The SMILES string of the molecule is CC(C)CCNc1ncnc(Nc2ccc(C(=O)O)cc2)c1N. The average molecular weight is 315 g/mol. The van der Waals surface area contributed by atoms with E-state index < -0.39 is 5.97 Å². The maximum absolute atomic E-state index is 10.8. The van der Waals surface area contributed by atoms with E-state index >= 15 is 0 Å². The Kier molecular flexibility index (Phi) is 5.35. The molecule has 7 heteroatoms. The van der Waals surface area contributed by atoms with Crippen LogP contribution in [0.3, 0.4) is 0 Å². The van der Waals surface area contributed by atoms with Gasteiger partial charge in [0.15, 0.2) is 11.6 Å². The van der Waals surface area contributed by atoms with Crippen molar-refractivity contribution in [2.45, 2.75) is 20.3 Å². The minimum absolute atomic E-state index is 0.224. The lowest BCUT2D eigenvalue weighted by molar-refractivity contribution is 0.0697. The molecule has 0 atom stereocenters. The number of nitrogens with two attached hydrogens (primary N) is 1. The van der Waals surface area contributed by atoms with Gasteiger partial charge in [-0.15, -0.1) is 0 Å². The zero-order valence-corrected chi connectivity index (χ0v) is 13.2. The summed E-state index contributed by atoms with van der Waals surface area (Å²) in [5.41, 5.74) is 7.44. The Balaban J connectivity index is 2.09. The number of carboxylic acids is 1. The van der Waals surface area contributed by atoms with Gasteiger partial charge in [0.1, 0.15) is 12.0 Å². The van der Waals surface area contributed by atoms with E-state index in [-0.39, 0.29) is 5.56 Å². The zero-order chi connectivity index (χ0) is 16.8. The summed E-state index contributed by atoms with van der Waals surface area (Å²) in [5.74, 6) is 0.700. The van der Waals surface area contributed by atoms with Crippen LogP contribution < -0.4 is 16.4 Å². The van der Waals surface area contributed by atoms with Crippen molar-refractivity contribution in [2.75, 3.05) is 22.9 Å². The molecule has 0 saturated heterocycles. The van der Waals surface area contributed by atoms with Crippen LogP contribution in [0.15, 0.2) is 30.6 Å². The fourth-order valence-electron chi connectivity index (χ4n) is 1.95. The van der Waals surface area contributed by atoms with Crippen molar-refractivity contribution in [3.63, 3.8) is 0 Å². The van der Waals surface area contributed by atoms with Gasteiger partial charge in [0.05, 0.1) is 5.56 Å². The molecule has 23 heavy (non-hydrogen) atoms. The van der Waals surface area contributed by atoms with Crippen molar-refractivity contribution in [2.24, 2.45) is 5.92 Å². The summed E-state index contributed by atoms with van der Waals surface area (Å²) in [4.78, 5) is 19.1. The van der Waals surface area contributed by atoms with Crippen LogP contribution in [-0.2, 0) is 0 Å². The van der Waals surface area contributed by atoms with Crippen molar-refractivity contribution in [3.8, 4) is 0 Å². The first kappa shape index (κ1) is 16.5. The van der Waals surface area contributed by atoms with E-state index in [1.807, 2.05) is 0 Å². The van der Waals surface area contributed by atoms with E-state index in [1.165, 1.54) is 18.5 Å². The number of hydrogen-bond donors (Lipinski definition) is 4. The Labute approximate surface area is 135 Å². The maximum Gasteiger partial charge on any atom is 0.335 e. The second-order valence-electron chi connectivity index (χ2n) is 5.60. The molecule has 1 heterocycles. The summed E-state index contributed by atoms with van der Waals surface area (Å²) in [6, 6.07) is 6.36. The number of carbonyl (C=O) groups is 1. The molecule has 0 aliphatic rings. The molecule has 0 radical (unpaired) electrons. The van der Waals surface area contributed by atoms with E-state index in [1.54, 1.807) is 12.1 Å². The van der Waals surface area contributed by atoms with Gasteiger partial charge in [-0.3, -0.25) is 0 Å². The maximum atomic E-state index is 10.8. The summed E-state index contributed by atoms with van der Waals surface area (Å²) in [5, 5.41) is 15.2. The lowest BCUT2D eigenvalue weighted by atomic mass is 10.1. The second-order valence-corrected chi connectivity index (χ2v) is 5.60. The van der Waals surface area contributed by atoms with Crippen LogP contribution in [0.5, 0.6) is 0 Å². The van der Waals surface area contributed by atoms with Gasteiger partial charge in [-0.2, -0.15) is 0 Å². The molecule has 0 bridgehead atoms. The van der Waals surface area contributed by atoms with Crippen molar-refractivity contribution >= 4 is 29.0 Å². The van der Waals surface area contributed by atoms with Crippen molar-refractivity contribution in [1.29, 1.82) is 0 Å². The first-order chi connectivity index (χ1) is 11.0. The number of anilines is 4. The summed E-state index contributed by atoms with van der Waals surface area (Å²) in [7, 11) is 0. The third-order valence-electron chi connectivity index (χ3n) is 3.29. The number of hydrogen-bond acceptors (Lipinski definition) is 6. The molecule has 0 aliphatic heterocycles. The van der Waals surface area contributed by atoms with Gasteiger partial charge in [0.25, 0.3) is 0 Å². The van der Waals surface area contributed by atoms with Crippen molar-refractivity contribution in [1.82, 2.24) is 9.97 Å². The van der Waals surface area contributed by atoms with E-state index in [0.29, 0.717) is 28.9 Å². The number of carboxylic acid groups (broad SMARTS) is 1. The van der Waals surface area contributed by atoms with Crippen LogP contribution >= 0.6 is 0 Å². The molecule has 1 aromatic heterocycles. The quantitative estimate of drug-likeness (QED) is 0.621. The number of aromatic carboxylic acids is 1. The summed E-state index contributed by atoms with van der Waals surface area (Å²) >= 11 is 0. The van der Waals surface area contributed by atoms with Gasteiger partial charge in [0, 0.05) is 12.2 Å². The van der Waals surface area contributed by atoms with Gasteiger partial charge in [-0.25, -0.2) is 14.8 Å². The molecule has 0 amide bonds. The Morgan fingerprint density at radius 3 is 2.48 bits per heavy atom. The van der Waals surface area contributed by atoms with E-state index in [4.69, 9.17) is 10.8 Å². The van der Waals surface area contributed by atoms with Gasteiger partial charge in [0.2, 0.25) is 0 Å². The predicted octanol–water partition coefficient (Wildman–Crippen LogP) is 2.96. The van der Waals surface area contributed by atoms with Gasteiger partial charge >= 0.3 is 5.97 Å². The highest BCUT2D eigenvalue weighted by Gasteiger charge is 2.09. The van der Waals surface area contributed by atoms with E-state index in [0.717, 1.165) is 13.0 Å². The zero-order valence-electron chi connectivity index (χ0n) is 13.2. The highest BCUT2D eigenvalue weighted by Crippen LogP contribution is 2.25. The van der Waals surface area contributed by atoms with Crippen LogP contribution in [-0.4, -0.2) is 27.6 Å². The Morgan fingerprint density at radius 1 is 1.22 bits per heavy atom. The van der Waals surface area contributed by atoms with Crippen LogP contribution in [0.25, 0.3) is 0 Å². The number of benzene rings is 1. The molecule has 0 unspecified atom stereocenters. The fourth-order valence-corrected chi connectivity index (χ4v) is 1.95. The lowest BCUT2D eigenvalue weighted by Crippen LogP contribution is -2.10. The average Bonchev–Trinajstić information content (AvgIpc) is 2.51. The first-order valence-electron chi connectivity index (χ1n) is 7.42. The summed E-state index contributed by atoms with van der Waals surface area (Å²) < 4.78 is 0. The molecule has 0 aliphatic carbocycles. The topological polar surface area (TPSA) is 113 Å². The number of rotatable bonds is 7. The minimum atomic E-state index is -0.963. The Bertz CT molecular complexity index is 671.